The Kier molecular flexibility index (Phi) is 5.46. The van der Waals surface area contributed by atoms with Crippen molar-refractivity contribution in [3.8, 4) is 22.7 Å². The standard InChI is InChI=1S/C20H13ClN4O6/c1-11-17(18(24-31-11)12-5-3-2-4-6-12)19-23-22-16(30-19)10-29-20(26)14-9-13(25(27)28)7-8-15(14)21/h2-9H,10H2,1H3. The van der Waals surface area contributed by atoms with Crippen molar-refractivity contribution >= 4 is 23.3 Å². The number of hydrogen-bond donors (Lipinski definition) is 0. The highest BCUT2D eigenvalue weighted by Crippen LogP contribution is 2.33. The van der Waals surface area contributed by atoms with Crippen LogP contribution in [-0.4, -0.2) is 26.2 Å². The number of nitro benzene ring substituents is 1. The Labute approximate surface area is 179 Å². The number of rotatable bonds is 6. The molecule has 0 fully saturated rings. The molecule has 2 heterocycles. The Morgan fingerprint density at radius 2 is 1.97 bits per heavy atom. The van der Waals surface area contributed by atoms with E-state index in [-0.39, 0.29) is 34.7 Å². The third kappa shape index (κ3) is 4.14. The normalized spacial score (nSPS) is 10.8. The van der Waals surface area contributed by atoms with Gasteiger partial charge in [-0.25, -0.2) is 4.79 Å². The molecule has 0 radical (unpaired) electrons. The summed E-state index contributed by atoms with van der Waals surface area (Å²) in [6.07, 6.45) is 0. The predicted octanol–water partition coefficient (Wildman–Crippen LogP) is 4.62. The van der Waals surface area contributed by atoms with E-state index in [2.05, 4.69) is 15.4 Å². The van der Waals surface area contributed by atoms with Crippen LogP contribution in [0.4, 0.5) is 5.69 Å². The number of non-ortho nitro benzene ring substituents is 1. The summed E-state index contributed by atoms with van der Waals surface area (Å²) in [5.74, 6) is -0.212. The minimum absolute atomic E-state index is 0.0181. The second-order valence-corrected chi connectivity index (χ2v) is 6.73. The average Bonchev–Trinajstić information content (AvgIpc) is 3.39. The molecule has 0 saturated heterocycles. The summed E-state index contributed by atoms with van der Waals surface area (Å²) in [7, 11) is 0. The quantitative estimate of drug-likeness (QED) is 0.239. The maximum Gasteiger partial charge on any atom is 0.340 e. The van der Waals surface area contributed by atoms with Gasteiger partial charge in [-0.05, 0) is 13.0 Å². The van der Waals surface area contributed by atoms with Crippen LogP contribution in [0.2, 0.25) is 5.02 Å². The van der Waals surface area contributed by atoms with E-state index in [0.29, 0.717) is 17.0 Å². The van der Waals surface area contributed by atoms with Gasteiger partial charge >= 0.3 is 5.97 Å². The number of aryl methyl sites for hydroxylation is 1. The van der Waals surface area contributed by atoms with Gasteiger partial charge < -0.3 is 13.7 Å². The number of nitrogens with zero attached hydrogens (tertiary/aromatic N) is 4. The van der Waals surface area contributed by atoms with Gasteiger partial charge in [-0.15, -0.1) is 10.2 Å². The topological polar surface area (TPSA) is 134 Å². The molecule has 2 aromatic heterocycles. The van der Waals surface area contributed by atoms with Gasteiger partial charge in [0.2, 0.25) is 0 Å². The monoisotopic (exact) mass is 440 g/mol. The predicted molar refractivity (Wildman–Crippen MR) is 107 cm³/mol. The Morgan fingerprint density at radius 3 is 2.71 bits per heavy atom. The zero-order valence-electron chi connectivity index (χ0n) is 15.9. The van der Waals surface area contributed by atoms with Gasteiger partial charge in [0.05, 0.1) is 15.5 Å². The third-order valence-corrected chi connectivity index (χ3v) is 4.63. The van der Waals surface area contributed by atoms with Gasteiger partial charge in [-0.2, -0.15) is 0 Å². The molecule has 0 aliphatic carbocycles. The van der Waals surface area contributed by atoms with Crippen LogP contribution in [0.5, 0.6) is 0 Å². The van der Waals surface area contributed by atoms with Crippen molar-refractivity contribution in [2.75, 3.05) is 0 Å². The van der Waals surface area contributed by atoms with Crippen LogP contribution in [0.3, 0.4) is 0 Å². The summed E-state index contributed by atoms with van der Waals surface area (Å²) in [6.45, 7) is 1.36. The second-order valence-electron chi connectivity index (χ2n) is 6.33. The highest BCUT2D eigenvalue weighted by Gasteiger charge is 2.23. The number of aromatic nitrogens is 3. The fourth-order valence-electron chi connectivity index (χ4n) is 2.82. The molecule has 0 bridgehead atoms. The van der Waals surface area contributed by atoms with E-state index in [1.165, 1.54) is 12.1 Å². The maximum atomic E-state index is 12.3. The molecule has 0 saturated carbocycles. The lowest BCUT2D eigenvalue weighted by atomic mass is 10.1. The van der Waals surface area contributed by atoms with Crippen molar-refractivity contribution < 1.29 is 23.4 Å². The van der Waals surface area contributed by atoms with E-state index >= 15 is 0 Å². The van der Waals surface area contributed by atoms with Crippen LogP contribution >= 0.6 is 11.6 Å². The van der Waals surface area contributed by atoms with E-state index in [9.17, 15) is 14.9 Å². The molecule has 0 atom stereocenters. The highest BCUT2D eigenvalue weighted by molar-refractivity contribution is 6.33. The first-order chi connectivity index (χ1) is 14.9. The largest absolute Gasteiger partial charge is 0.452 e. The van der Waals surface area contributed by atoms with Gasteiger partial charge in [-0.3, -0.25) is 10.1 Å². The minimum atomic E-state index is -0.861. The molecular weight excluding hydrogens is 428 g/mol. The summed E-state index contributed by atoms with van der Waals surface area (Å²) in [5, 5.41) is 22.9. The average molecular weight is 441 g/mol. The van der Waals surface area contributed by atoms with Gasteiger partial charge in [0.1, 0.15) is 17.0 Å². The first-order valence-electron chi connectivity index (χ1n) is 8.89. The van der Waals surface area contributed by atoms with Gasteiger partial charge in [0, 0.05) is 17.7 Å². The molecule has 0 spiro atoms. The van der Waals surface area contributed by atoms with E-state index in [4.69, 9.17) is 25.3 Å². The molecule has 4 rings (SSSR count). The first kappa shape index (κ1) is 20.2. The first-order valence-corrected chi connectivity index (χ1v) is 9.27. The number of ether oxygens (including phenoxy) is 1. The zero-order chi connectivity index (χ0) is 22.0. The van der Waals surface area contributed by atoms with Crippen LogP contribution in [0.15, 0.2) is 57.5 Å². The van der Waals surface area contributed by atoms with Crippen molar-refractivity contribution in [2.45, 2.75) is 13.5 Å². The zero-order valence-corrected chi connectivity index (χ0v) is 16.7. The molecule has 0 aliphatic rings. The van der Waals surface area contributed by atoms with Crippen LogP contribution in [-0.2, 0) is 11.3 Å². The number of halogens is 1. The summed E-state index contributed by atoms with van der Waals surface area (Å²) in [6, 6.07) is 12.8. The number of hydrogen-bond acceptors (Lipinski definition) is 9. The van der Waals surface area contributed by atoms with E-state index in [0.717, 1.165) is 11.6 Å². The Bertz CT molecular complexity index is 1270. The number of benzene rings is 2. The number of esters is 1. The fraction of sp³-hybridized carbons (Fsp3) is 0.100. The van der Waals surface area contributed by atoms with Gasteiger partial charge in [0.25, 0.3) is 17.5 Å². The molecule has 156 valence electrons. The summed E-state index contributed by atoms with van der Waals surface area (Å²) >= 11 is 5.95. The van der Waals surface area contributed by atoms with E-state index in [1.807, 2.05) is 30.3 Å². The number of carbonyl (C=O) groups excluding carboxylic acids is 1. The maximum absolute atomic E-state index is 12.3. The van der Waals surface area contributed by atoms with Crippen LogP contribution in [0.25, 0.3) is 22.7 Å². The number of carbonyl (C=O) groups is 1. The lowest BCUT2D eigenvalue weighted by Crippen LogP contribution is -2.07. The van der Waals surface area contributed by atoms with E-state index in [1.54, 1.807) is 6.92 Å². The number of nitro groups is 1. The Hall–Kier alpha value is -4.05. The summed E-state index contributed by atoms with van der Waals surface area (Å²) in [4.78, 5) is 22.6. The molecule has 0 amide bonds. The lowest BCUT2D eigenvalue weighted by Gasteiger charge is -2.04. The molecule has 0 unspecified atom stereocenters. The van der Waals surface area contributed by atoms with Crippen LogP contribution in [0.1, 0.15) is 22.0 Å². The Balaban J connectivity index is 1.53. The fourth-order valence-corrected chi connectivity index (χ4v) is 3.01. The van der Waals surface area contributed by atoms with Crippen LogP contribution < -0.4 is 0 Å². The molecule has 0 aliphatic heterocycles. The van der Waals surface area contributed by atoms with Crippen molar-refractivity contribution in [1.29, 1.82) is 0 Å². The molecule has 11 heteroatoms. The van der Waals surface area contributed by atoms with Crippen molar-refractivity contribution in [3.63, 3.8) is 0 Å². The molecule has 2 aromatic carbocycles. The SMILES string of the molecule is Cc1onc(-c2ccccc2)c1-c1nnc(COC(=O)c2cc([N+](=O)[O-])ccc2Cl)o1. The molecule has 0 N–H and O–H groups in total. The van der Waals surface area contributed by atoms with Gasteiger partial charge in [0.15, 0.2) is 6.61 Å². The van der Waals surface area contributed by atoms with Crippen molar-refractivity contribution in [1.82, 2.24) is 15.4 Å². The Morgan fingerprint density at radius 1 is 1.19 bits per heavy atom. The third-order valence-electron chi connectivity index (χ3n) is 4.30. The van der Waals surface area contributed by atoms with Gasteiger partial charge in [-0.1, -0.05) is 47.1 Å². The van der Waals surface area contributed by atoms with Crippen molar-refractivity contribution in [2.24, 2.45) is 0 Å². The lowest BCUT2D eigenvalue weighted by molar-refractivity contribution is -0.384. The smallest absolute Gasteiger partial charge is 0.340 e. The van der Waals surface area contributed by atoms with Crippen LogP contribution in [0, 0.1) is 17.0 Å². The summed E-state index contributed by atoms with van der Waals surface area (Å²) < 4.78 is 16.0. The molecule has 10 nitrogen and oxygen atoms in total. The highest BCUT2D eigenvalue weighted by atomic mass is 35.5. The molecule has 31 heavy (non-hydrogen) atoms. The summed E-state index contributed by atoms with van der Waals surface area (Å²) in [5.41, 5.74) is 1.44. The van der Waals surface area contributed by atoms with E-state index < -0.39 is 10.9 Å². The minimum Gasteiger partial charge on any atom is -0.452 e. The molecular formula is C20H13ClN4O6. The second kappa shape index (κ2) is 8.36. The molecule has 4 aromatic rings. The van der Waals surface area contributed by atoms with Crippen molar-refractivity contribution in [3.05, 3.63) is 80.9 Å².